The van der Waals surface area contributed by atoms with Crippen LogP contribution in [-0.2, 0) is 20.0 Å². The Hall–Kier alpha value is -3.54. The third-order valence-corrected chi connectivity index (χ3v) is 6.33. The van der Waals surface area contributed by atoms with Crippen molar-refractivity contribution >= 4 is 5.57 Å². The van der Waals surface area contributed by atoms with E-state index in [-0.39, 0.29) is 5.56 Å². The number of hydrogen-bond donors (Lipinski definition) is 0. The fraction of sp³-hybridized carbons (Fsp3) is 0.333. The van der Waals surface area contributed by atoms with E-state index in [1.54, 1.807) is 17.8 Å². The summed E-state index contributed by atoms with van der Waals surface area (Å²) < 4.78 is 1.61. The Morgan fingerprint density at radius 1 is 1.12 bits per heavy atom. The fourth-order valence-electron chi connectivity index (χ4n) is 4.40. The third-order valence-electron chi connectivity index (χ3n) is 6.33. The van der Waals surface area contributed by atoms with Gasteiger partial charge in [-0.25, -0.2) is 4.98 Å². The van der Waals surface area contributed by atoms with Crippen LogP contribution in [0.5, 0.6) is 0 Å². The molecule has 0 saturated heterocycles. The second kappa shape index (κ2) is 9.53. The van der Waals surface area contributed by atoms with Crippen LogP contribution < -0.4 is 5.56 Å². The zero-order valence-electron chi connectivity index (χ0n) is 20.1. The van der Waals surface area contributed by atoms with E-state index in [0.29, 0.717) is 5.82 Å². The molecule has 4 heterocycles. The molecule has 0 saturated carbocycles. The van der Waals surface area contributed by atoms with Gasteiger partial charge in [0, 0.05) is 79.9 Å². The summed E-state index contributed by atoms with van der Waals surface area (Å²) in [6, 6.07) is 5.89. The molecule has 6 heteroatoms. The van der Waals surface area contributed by atoms with E-state index in [1.807, 2.05) is 25.5 Å². The first-order chi connectivity index (χ1) is 15.9. The van der Waals surface area contributed by atoms with Gasteiger partial charge >= 0.3 is 0 Å². The first-order valence-electron chi connectivity index (χ1n) is 11.4. The van der Waals surface area contributed by atoms with Gasteiger partial charge in [-0.05, 0) is 61.6 Å². The third kappa shape index (κ3) is 4.65. The molecule has 0 aliphatic carbocycles. The Morgan fingerprint density at radius 2 is 1.91 bits per heavy atom. The monoisotopic (exact) mass is 441 g/mol. The Labute approximate surface area is 195 Å². The van der Waals surface area contributed by atoms with Gasteiger partial charge in [-0.3, -0.25) is 19.3 Å². The van der Waals surface area contributed by atoms with Crippen molar-refractivity contribution in [1.82, 2.24) is 24.4 Å². The first-order valence-corrected chi connectivity index (χ1v) is 11.4. The second-order valence-corrected chi connectivity index (χ2v) is 8.67. The van der Waals surface area contributed by atoms with Crippen LogP contribution in [0.15, 0.2) is 65.1 Å². The highest BCUT2D eigenvalue weighted by Gasteiger charge is 2.22. The maximum absolute atomic E-state index is 12.1. The summed E-state index contributed by atoms with van der Waals surface area (Å²) >= 11 is 0. The van der Waals surface area contributed by atoms with Gasteiger partial charge in [0.2, 0.25) is 0 Å². The van der Waals surface area contributed by atoms with Crippen LogP contribution >= 0.6 is 0 Å². The molecular formula is C27H31N5O. The lowest BCUT2D eigenvalue weighted by Crippen LogP contribution is -2.31. The molecule has 1 aliphatic rings. The maximum atomic E-state index is 12.1. The number of rotatable bonds is 5. The molecule has 3 aromatic heterocycles. The molecule has 0 fully saturated rings. The van der Waals surface area contributed by atoms with Crippen molar-refractivity contribution in [3.63, 3.8) is 0 Å². The molecular weight excluding hydrogens is 410 g/mol. The van der Waals surface area contributed by atoms with E-state index in [4.69, 9.17) is 4.98 Å². The minimum Gasteiger partial charge on any atom is -0.367 e. The quantitative estimate of drug-likeness (QED) is 0.538. The minimum absolute atomic E-state index is 0.0516. The lowest BCUT2D eigenvalue weighted by atomic mass is 9.98. The first kappa shape index (κ1) is 22.6. The molecule has 0 atom stereocenters. The summed E-state index contributed by atoms with van der Waals surface area (Å²) in [5, 5.41) is 0. The summed E-state index contributed by atoms with van der Waals surface area (Å²) in [7, 11) is 1.77. The van der Waals surface area contributed by atoms with Gasteiger partial charge < -0.3 is 4.90 Å². The van der Waals surface area contributed by atoms with Crippen LogP contribution in [0.4, 0.5) is 0 Å². The van der Waals surface area contributed by atoms with Crippen LogP contribution in [0.2, 0.25) is 0 Å². The number of nitrogens with zero attached hydrogens (tertiary/aromatic N) is 5. The standard InChI is InChI=1S/C27H31N5O/c1-6-7-25(19(3)20(4)27-29-10-8-26(33)31(27)5)32-11-9-24-23(17-32)13-22(16-30-24)21-12-18(2)14-28-15-21/h7-8,10,12-16H,6,9,11,17H2,1-5H3/b20-19-,25-7-. The topological polar surface area (TPSA) is 63.9 Å². The van der Waals surface area contributed by atoms with Gasteiger partial charge in [-0.2, -0.15) is 0 Å². The summed E-state index contributed by atoms with van der Waals surface area (Å²) in [6.07, 6.45) is 11.4. The Balaban J connectivity index is 1.69. The number of allylic oxidation sites excluding steroid dienone is 3. The summed E-state index contributed by atoms with van der Waals surface area (Å²) in [6.45, 7) is 10.1. The molecule has 3 aromatic rings. The minimum atomic E-state index is -0.0516. The molecule has 0 aromatic carbocycles. The normalized spacial score (nSPS) is 14.7. The van der Waals surface area contributed by atoms with Crippen LogP contribution in [-0.4, -0.2) is 31.0 Å². The Kier molecular flexibility index (Phi) is 6.54. The van der Waals surface area contributed by atoms with Gasteiger partial charge in [0.1, 0.15) is 5.82 Å². The van der Waals surface area contributed by atoms with Gasteiger partial charge in [0.05, 0.1) is 0 Å². The van der Waals surface area contributed by atoms with Gasteiger partial charge in [-0.15, -0.1) is 0 Å². The second-order valence-electron chi connectivity index (χ2n) is 8.67. The van der Waals surface area contributed by atoms with Crippen molar-refractivity contribution in [2.75, 3.05) is 6.54 Å². The summed E-state index contributed by atoms with van der Waals surface area (Å²) in [5.41, 5.74) is 9.04. The van der Waals surface area contributed by atoms with E-state index in [1.165, 1.54) is 17.3 Å². The predicted octanol–water partition coefficient (Wildman–Crippen LogP) is 4.69. The molecule has 4 rings (SSSR count). The smallest absolute Gasteiger partial charge is 0.253 e. The number of aryl methyl sites for hydroxylation is 1. The lowest BCUT2D eigenvalue weighted by Gasteiger charge is -2.33. The fourth-order valence-corrected chi connectivity index (χ4v) is 4.40. The van der Waals surface area contributed by atoms with Crippen LogP contribution in [0, 0.1) is 6.92 Å². The molecule has 0 spiro atoms. The predicted molar refractivity (Wildman–Crippen MR) is 132 cm³/mol. The number of pyridine rings is 2. The summed E-state index contributed by atoms with van der Waals surface area (Å²) in [5.74, 6) is 0.704. The van der Waals surface area contributed by atoms with Gasteiger partial charge in [0.25, 0.3) is 5.56 Å². The molecule has 6 nitrogen and oxygen atoms in total. The maximum Gasteiger partial charge on any atom is 0.253 e. The molecule has 0 unspecified atom stereocenters. The van der Waals surface area contributed by atoms with Crippen LogP contribution in [0.25, 0.3) is 16.7 Å². The highest BCUT2D eigenvalue weighted by molar-refractivity contribution is 5.66. The average molecular weight is 442 g/mol. The zero-order chi connectivity index (χ0) is 23.5. The Bertz CT molecular complexity index is 1300. The average Bonchev–Trinajstić information content (AvgIpc) is 2.82. The molecule has 0 radical (unpaired) electrons. The van der Waals surface area contributed by atoms with Gasteiger partial charge in [0.15, 0.2) is 0 Å². The van der Waals surface area contributed by atoms with Crippen molar-refractivity contribution in [3.8, 4) is 11.1 Å². The SMILES string of the molecule is CC/C=C(/C(C)=C(/C)c1nccc(=O)n1C)N1CCc2ncc(-c3cncc(C)c3)cc2C1. The molecule has 0 N–H and O–H groups in total. The van der Waals surface area contributed by atoms with Crippen molar-refractivity contribution in [1.29, 1.82) is 0 Å². The molecule has 170 valence electrons. The molecule has 1 aliphatic heterocycles. The van der Waals surface area contributed by atoms with Crippen molar-refractivity contribution in [2.24, 2.45) is 7.05 Å². The number of fused-ring (bicyclic) bond motifs is 1. The van der Waals surface area contributed by atoms with Crippen molar-refractivity contribution in [3.05, 3.63) is 93.3 Å². The van der Waals surface area contributed by atoms with E-state index in [9.17, 15) is 4.79 Å². The molecule has 0 amide bonds. The zero-order valence-corrected chi connectivity index (χ0v) is 20.1. The van der Waals surface area contributed by atoms with Crippen molar-refractivity contribution < 1.29 is 0 Å². The number of aromatic nitrogens is 4. The largest absolute Gasteiger partial charge is 0.367 e. The van der Waals surface area contributed by atoms with E-state index >= 15 is 0 Å². The van der Waals surface area contributed by atoms with Crippen molar-refractivity contribution in [2.45, 2.75) is 47.1 Å². The molecule has 33 heavy (non-hydrogen) atoms. The molecule has 0 bridgehead atoms. The van der Waals surface area contributed by atoms with E-state index in [2.05, 4.69) is 53.8 Å². The highest BCUT2D eigenvalue weighted by atomic mass is 16.1. The van der Waals surface area contributed by atoms with Crippen LogP contribution in [0.3, 0.4) is 0 Å². The van der Waals surface area contributed by atoms with Crippen LogP contribution in [0.1, 0.15) is 49.8 Å². The van der Waals surface area contributed by atoms with E-state index in [0.717, 1.165) is 59.5 Å². The van der Waals surface area contributed by atoms with Gasteiger partial charge in [-0.1, -0.05) is 13.0 Å². The lowest BCUT2D eigenvalue weighted by molar-refractivity contribution is 0.324. The Morgan fingerprint density at radius 3 is 2.67 bits per heavy atom. The number of hydrogen-bond acceptors (Lipinski definition) is 5. The summed E-state index contributed by atoms with van der Waals surface area (Å²) in [4.78, 5) is 28.2. The van der Waals surface area contributed by atoms with E-state index < -0.39 is 0 Å². The highest BCUT2D eigenvalue weighted by Crippen LogP contribution is 2.30.